The van der Waals surface area contributed by atoms with E-state index in [4.69, 9.17) is 17.4 Å². The molecule has 0 saturated carbocycles. The summed E-state index contributed by atoms with van der Waals surface area (Å²) >= 11 is 5.78. The lowest BCUT2D eigenvalue weighted by atomic mass is 10.3. The summed E-state index contributed by atoms with van der Waals surface area (Å²) in [6, 6.07) is 14.0. The van der Waals surface area contributed by atoms with Gasteiger partial charge in [0, 0.05) is 5.02 Å². The predicted molar refractivity (Wildman–Crippen MR) is 84.8 cm³/mol. The fraction of sp³-hybridized carbons (Fsp3) is 0.0714. The van der Waals surface area contributed by atoms with Crippen LogP contribution in [-0.2, 0) is 14.8 Å². The van der Waals surface area contributed by atoms with Crippen molar-refractivity contribution in [1.82, 2.24) is 5.43 Å². The molecule has 0 unspecified atom stereocenters. The van der Waals surface area contributed by atoms with Crippen LogP contribution in [0.5, 0.6) is 0 Å². The summed E-state index contributed by atoms with van der Waals surface area (Å²) in [7, 11) is -3.92. The number of sulfonamides is 1. The smallest absolute Gasteiger partial charge is 0.264 e. The number of carbonyl (C=O) groups excluding carboxylic acids is 1. The van der Waals surface area contributed by atoms with E-state index in [0.29, 0.717) is 10.7 Å². The van der Waals surface area contributed by atoms with Crippen LogP contribution in [0.1, 0.15) is 0 Å². The van der Waals surface area contributed by atoms with Crippen LogP contribution >= 0.6 is 11.6 Å². The van der Waals surface area contributed by atoms with Crippen molar-refractivity contribution >= 4 is 33.2 Å². The van der Waals surface area contributed by atoms with Gasteiger partial charge in [-0.2, -0.15) is 0 Å². The molecule has 0 bridgehead atoms. The average Bonchev–Trinajstić information content (AvgIpc) is 2.53. The minimum atomic E-state index is -3.92. The molecule has 2 rings (SSSR count). The van der Waals surface area contributed by atoms with Gasteiger partial charge in [-0.1, -0.05) is 29.8 Å². The highest BCUT2D eigenvalue weighted by atomic mass is 35.5. The first-order chi connectivity index (χ1) is 10.4. The van der Waals surface area contributed by atoms with Gasteiger partial charge in [0.25, 0.3) is 15.9 Å². The molecule has 2 aromatic carbocycles. The number of hydrogen-bond donors (Lipinski definition) is 2. The molecule has 0 spiro atoms. The van der Waals surface area contributed by atoms with Gasteiger partial charge in [-0.25, -0.2) is 14.3 Å². The minimum Gasteiger partial charge on any atom is -0.293 e. The van der Waals surface area contributed by atoms with Gasteiger partial charge in [0.2, 0.25) is 0 Å². The highest BCUT2D eigenvalue weighted by molar-refractivity contribution is 7.92. The van der Waals surface area contributed by atoms with Gasteiger partial charge in [-0.05, 0) is 36.4 Å². The minimum absolute atomic E-state index is 0.0329. The summed E-state index contributed by atoms with van der Waals surface area (Å²) in [6.07, 6.45) is 0. The maximum absolute atomic E-state index is 12.8. The van der Waals surface area contributed by atoms with Crippen LogP contribution in [-0.4, -0.2) is 20.9 Å². The Morgan fingerprint density at radius 2 is 1.68 bits per heavy atom. The predicted octanol–water partition coefficient (Wildman–Crippen LogP) is 1.53. The number of nitrogens with zero attached hydrogens (tertiary/aromatic N) is 1. The van der Waals surface area contributed by atoms with Gasteiger partial charge >= 0.3 is 0 Å². The first-order valence-corrected chi connectivity index (χ1v) is 8.10. The third-order valence-corrected chi connectivity index (χ3v) is 4.93. The second-order valence-electron chi connectivity index (χ2n) is 4.37. The van der Waals surface area contributed by atoms with Crippen LogP contribution in [0.4, 0.5) is 5.69 Å². The Morgan fingerprint density at radius 3 is 2.23 bits per heavy atom. The lowest BCUT2D eigenvalue weighted by molar-refractivity contribution is -0.119. The zero-order chi connectivity index (χ0) is 16.2. The van der Waals surface area contributed by atoms with Crippen molar-refractivity contribution in [2.24, 2.45) is 5.84 Å². The molecule has 0 atom stereocenters. The third kappa shape index (κ3) is 3.56. The zero-order valence-electron chi connectivity index (χ0n) is 11.4. The Balaban J connectivity index is 2.47. The normalized spacial score (nSPS) is 11.0. The number of para-hydroxylation sites is 1. The number of hydrogen-bond acceptors (Lipinski definition) is 4. The second kappa shape index (κ2) is 6.78. The van der Waals surface area contributed by atoms with Crippen molar-refractivity contribution < 1.29 is 13.2 Å². The number of benzene rings is 2. The fourth-order valence-corrected chi connectivity index (χ4v) is 3.37. The van der Waals surface area contributed by atoms with Crippen molar-refractivity contribution in [1.29, 1.82) is 0 Å². The summed E-state index contributed by atoms with van der Waals surface area (Å²) in [6.45, 7) is -0.425. The summed E-state index contributed by atoms with van der Waals surface area (Å²) in [5.41, 5.74) is 2.29. The Labute approximate surface area is 133 Å². The molecule has 2 aromatic rings. The molecule has 0 aliphatic heterocycles. The topological polar surface area (TPSA) is 92.5 Å². The van der Waals surface area contributed by atoms with Crippen LogP contribution in [0, 0.1) is 0 Å². The average molecular weight is 340 g/mol. The standard InChI is InChI=1S/C14H14ClN3O3S/c15-11-6-8-13(9-7-11)22(20,21)18(10-14(19)17-16)12-4-2-1-3-5-12/h1-9H,10,16H2,(H,17,19). The monoisotopic (exact) mass is 339 g/mol. The van der Waals surface area contributed by atoms with Crippen molar-refractivity contribution in [2.45, 2.75) is 4.90 Å². The molecule has 0 heterocycles. The molecule has 1 amide bonds. The molecular formula is C14H14ClN3O3S. The highest BCUT2D eigenvalue weighted by Crippen LogP contribution is 2.24. The second-order valence-corrected chi connectivity index (χ2v) is 6.67. The van der Waals surface area contributed by atoms with E-state index < -0.39 is 22.5 Å². The highest BCUT2D eigenvalue weighted by Gasteiger charge is 2.26. The SMILES string of the molecule is NNC(=O)CN(c1ccccc1)S(=O)(=O)c1ccc(Cl)cc1. The van der Waals surface area contributed by atoms with E-state index in [2.05, 4.69) is 0 Å². The molecule has 8 heteroatoms. The molecular weight excluding hydrogens is 326 g/mol. The first-order valence-electron chi connectivity index (χ1n) is 6.28. The van der Waals surface area contributed by atoms with Gasteiger partial charge < -0.3 is 0 Å². The summed E-state index contributed by atoms with van der Waals surface area (Å²) < 4.78 is 26.5. The molecule has 0 fully saturated rings. The third-order valence-electron chi connectivity index (χ3n) is 2.89. The van der Waals surface area contributed by atoms with Crippen molar-refractivity contribution in [3.05, 3.63) is 59.6 Å². The van der Waals surface area contributed by atoms with Gasteiger partial charge in [0.15, 0.2) is 0 Å². The van der Waals surface area contributed by atoms with E-state index in [9.17, 15) is 13.2 Å². The number of amides is 1. The Hall–Kier alpha value is -2.09. The van der Waals surface area contributed by atoms with Gasteiger partial charge in [0.05, 0.1) is 10.6 Å². The molecule has 0 saturated heterocycles. The van der Waals surface area contributed by atoms with E-state index in [-0.39, 0.29) is 4.90 Å². The van der Waals surface area contributed by atoms with Gasteiger partial charge in [-0.15, -0.1) is 0 Å². The molecule has 22 heavy (non-hydrogen) atoms. The van der Waals surface area contributed by atoms with Crippen molar-refractivity contribution in [3.63, 3.8) is 0 Å². The van der Waals surface area contributed by atoms with E-state index in [1.807, 2.05) is 5.43 Å². The Bertz CT molecular complexity index is 749. The number of halogens is 1. The van der Waals surface area contributed by atoms with E-state index >= 15 is 0 Å². The molecule has 6 nitrogen and oxygen atoms in total. The number of anilines is 1. The van der Waals surface area contributed by atoms with Crippen LogP contribution in [0.25, 0.3) is 0 Å². The summed E-state index contributed by atoms with van der Waals surface area (Å²) in [4.78, 5) is 11.6. The number of nitrogens with one attached hydrogen (secondary N) is 1. The lowest BCUT2D eigenvalue weighted by Crippen LogP contribution is -2.43. The zero-order valence-corrected chi connectivity index (χ0v) is 13.0. The summed E-state index contributed by atoms with van der Waals surface area (Å²) in [5.74, 6) is 4.44. The molecule has 0 aromatic heterocycles. The fourth-order valence-electron chi connectivity index (χ4n) is 1.82. The summed E-state index contributed by atoms with van der Waals surface area (Å²) in [5, 5.41) is 0.421. The quantitative estimate of drug-likeness (QED) is 0.491. The molecule has 0 radical (unpaired) electrons. The number of nitrogens with two attached hydrogens (primary N) is 1. The van der Waals surface area contributed by atoms with Crippen LogP contribution in [0.2, 0.25) is 5.02 Å². The van der Waals surface area contributed by atoms with E-state index in [1.165, 1.54) is 24.3 Å². The maximum Gasteiger partial charge on any atom is 0.264 e. The molecule has 3 N–H and O–H groups in total. The van der Waals surface area contributed by atoms with Crippen molar-refractivity contribution in [3.8, 4) is 0 Å². The number of rotatable bonds is 5. The van der Waals surface area contributed by atoms with E-state index in [1.54, 1.807) is 30.3 Å². The van der Waals surface area contributed by atoms with Crippen molar-refractivity contribution in [2.75, 3.05) is 10.8 Å². The van der Waals surface area contributed by atoms with E-state index in [0.717, 1.165) is 4.31 Å². The Morgan fingerprint density at radius 1 is 1.09 bits per heavy atom. The van der Waals surface area contributed by atoms with Gasteiger partial charge in [0.1, 0.15) is 6.54 Å². The molecule has 0 aliphatic rings. The van der Waals surface area contributed by atoms with Crippen LogP contribution < -0.4 is 15.6 Å². The lowest BCUT2D eigenvalue weighted by Gasteiger charge is -2.23. The maximum atomic E-state index is 12.8. The number of carbonyl (C=O) groups is 1. The first kappa shape index (κ1) is 16.3. The van der Waals surface area contributed by atoms with Crippen LogP contribution in [0.15, 0.2) is 59.5 Å². The largest absolute Gasteiger partial charge is 0.293 e. The molecule has 116 valence electrons. The Kier molecular flexibility index (Phi) is 5.02. The van der Waals surface area contributed by atoms with Gasteiger partial charge in [-0.3, -0.25) is 14.5 Å². The number of hydrazine groups is 1. The van der Waals surface area contributed by atoms with Crippen LogP contribution in [0.3, 0.4) is 0 Å². The molecule has 0 aliphatic carbocycles.